The maximum absolute atomic E-state index is 13.6. The number of amides is 1. The molecule has 0 fully saturated rings. The van der Waals surface area contributed by atoms with E-state index in [-0.39, 0.29) is 22.7 Å². The highest BCUT2D eigenvalue weighted by atomic mass is 79.9. The van der Waals surface area contributed by atoms with Gasteiger partial charge in [0.2, 0.25) is 0 Å². The Labute approximate surface area is 210 Å². The first kappa shape index (κ1) is 24.3. The molecule has 1 atom stereocenters. The molecule has 8 nitrogen and oxygen atoms in total. The minimum absolute atomic E-state index is 0.116. The lowest BCUT2D eigenvalue weighted by Crippen LogP contribution is -2.37. The SMILES string of the molecule is CCN(C(=O)c1ccc(C)c([N+](=O)[O-])c1)C(C)c1nc2ccccc2c(=O)n1-c1ccc(Br)cc1. The third kappa shape index (κ3) is 4.59. The number of nitrogens with zero attached hydrogens (tertiary/aromatic N) is 4. The van der Waals surface area contributed by atoms with Crippen LogP contribution in [0.5, 0.6) is 0 Å². The van der Waals surface area contributed by atoms with Crippen molar-refractivity contribution in [1.29, 1.82) is 0 Å². The second-order valence-corrected chi connectivity index (χ2v) is 9.05. The summed E-state index contributed by atoms with van der Waals surface area (Å²) in [4.78, 5) is 44.3. The molecule has 0 radical (unpaired) electrons. The molecule has 9 heteroatoms. The van der Waals surface area contributed by atoms with Crippen molar-refractivity contribution in [3.8, 4) is 5.69 Å². The van der Waals surface area contributed by atoms with Gasteiger partial charge in [0, 0.05) is 28.2 Å². The zero-order chi connectivity index (χ0) is 25.3. The van der Waals surface area contributed by atoms with E-state index in [1.54, 1.807) is 67.3 Å². The largest absolute Gasteiger partial charge is 0.329 e. The Balaban J connectivity index is 1.87. The predicted octanol–water partition coefficient (Wildman–Crippen LogP) is 5.59. The van der Waals surface area contributed by atoms with Gasteiger partial charge in [-0.1, -0.05) is 34.1 Å². The fourth-order valence-electron chi connectivity index (χ4n) is 4.11. The van der Waals surface area contributed by atoms with Crippen LogP contribution in [0.15, 0.2) is 76.0 Å². The van der Waals surface area contributed by atoms with Crippen molar-refractivity contribution in [2.45, 2.75) is 26.8 Å². The Hall–Kier alpha value is -3.85. The van der Waals surface area contributed by atoms with Gasteiger partial charge < -0.3 is 4.90 Å². The third-order valence-corrected chi connectivity index (χ3v) is 6.51. The lowest BCUT2D eigenvalue weighted by molar-refractivity contribution is -0.385. The molecule has 4 rings (SSSR count). The monoisotopic (exact) mass is 534 g/mol. The number of nitro benzene ring substituents is 1. The van der Waals surface area contributed by atoms with E-state index in [2.05, 4.69) is 15.9 Å². The van der Waals surface area contributed by atoms with Gasteiger partial charge >= 0.3 is 0 Å². The van der Waals surface area contributed by atoms with E-state index in [9.17, 15) is 19.7 Å². The van der Waals surface area contributed by atoms with Crippen LogP contribution in [0.2, 0.25) is 0 Å². The number of carbonyl (C=O) groups is 1. The van der Waals surface area contributed by atoms with E-state index >= 15 is 0 Å². The second-order valence-electron chi connectivity index (χ2n) is 8.13. The molecule has 0 aliphatic heterocycles. The van der Waals surface area contributed by atoms with Gasteiger partial charge in [-0.15, -0.1) is 0 Å². The minimum atomic E-state index is -0.603. The van der Waals surface area contributed by atoms with Crippen LogP contribution < -0.4 is 5.56 Å². The second kappa shape index (κ2) is 9.79. The molecular formula is C26H23BrN4O4. The molecule has 3 aromatic carbocycles. The van der Waals surface area contributed by atoms with Crippen molar-refractivity contribution in [3.05, 3.63) is 109 Å². The summed E-state index contributed by atoms with van der Waals surface area (Å²) in [5, 5.41) is 11.9. The Morgan fingerprint density at radius 2 is 1.83 bits per heavy atom. The molecule has 1 aromatic heterocycles. The van der Waals surface area contributed by atoms with Crippen LogP contribution in [0.1, 0.15) is 41.6 Å². The summed E-state index contributed by atoms with van der Waals surface area (Å²) in [5.74, 6) is 0.0145. The number of fused-ring (bicyclic) bond motifs is 1. The first-order valence-electron chi connectivity index (χ1n) is 11.1. The molecule has 178 valence electrons. The van der Waals surface area contributed by atoms with Crippen LogP contribution in [-0.4, -0.2) is 31.8 Å². The Kier molecular flexibility index (Phi) is 6.79. The summed E-state index contributed by atoms with van der Waals surface area (Å²) in [5.41, 5.74) is 1.47. The topological polar surface area (TPSA) is 98.3 Å². The number of aryl methyl sites for hydroxylation is 1. The van der Waals surface area contributed by atoms with Crippen LogP contribution >= 0.6 is 15.9 Å². The van der Waals surface area contributed by atoms with Gasteiger partial charge in [-0.25, -0.2) is 4.98 Å². The van der Waals surface area contributed by atoms with E-state index < -0.39 is 11.0 Å². The Morgan fingerprint density at radius 1 is 1.14 bits per heavy atom. The molecule has 35 heavy (non-hydrogen) atoms. The van der Waals surface area contributed by atoms with E-state index in [0.29, 0.717) is 34.5 Å². The molecular weight excluding hydrogens is 512 g/mol. The van der Waals surface area contributed by atoms with E-state index in [4.69, 9.17) is 4.98 Å². The molecule has 0 aliphatic carbocycles. The average Bonchev–Trinajstić information content (AvgIpc) is 2.85. The zero-order valence-electron chi connectivity index (χ0n) is 19.4. The molecule has 0 saturated carbocycles. The van der Waals surface area contributed by atoms with Crippen molar-refractivity contribution in [2.75, 3.05) is 6.54 Å². The van der Waals surface area contributed by atoms with Crippen molar-refractivity contribution >= 4 is 38.4 Å². The molecule has 1 heterocycles. The lowest BCUT2D eigenvalue weighted by Gasteiger charge is -2.29. The fraction of sp³-hybridized carbons (Fsp3) is 0.192. The summed E-state index contributed by atoms with van der Waals surface area (Å²) in [6, 6.07) is 18.2. The quantitative estimate of drug-likeness (QED) is 0.237. The summed E-state index contributed by atoms with van der Waals surface area (Å²) in [6.45, 7) is 5.56. The normalized spacial score (nSPS) is 11.9. The minimum Gasteiger partial charge on any atom is -0.329 e. The van der Waals surface area contributed by atoms with Gasteiger partial charge in [0.1, 0.15) is 5.82 Å². The maximum atomic E-state index is 13.6. The smallest absolute Gasteiger partial charge is 0.273 e. The Morgan fingerprint density at radius 3 is 2.49 bits per heavy atom. The van der Waals surface area contributed by atoms with Crippen LogP contribution in [0, 0.1) is 17.0 Å². The van der Waals surface area contributed by atoms with Crippen molar-refractivity contribution in [3.63, 3.8) is 0 Å². The van der Waals surface area contributed by atoms with Gasteiger partial charge in [-0.05, 0) is 63.2 Å². The lowest BCUT2D eigenvalue weighted by atomic mass is 10.1. The fourth-order valence-corrected chi connectivity index (χ4v) is 4.37. The highest BCUT2D eigenvalue weighted by Gasteiger charge is 2.27. The zero-order valence-corrected chi connectivity index (χ0v) is 21.0. The van der Waals surface area contributed by atoms with Gasteiger partial charge in [-0.3, -0.25) is 24.3 Å². The highest BCUT2D eigenvalue weighted by Crippen LogP contribution is 2.27. The van der Waals surface area contributed by atoms with Crippen LogP contribution in [-0.2, 0) is 0 Å². The number of para-hydroxylation sites is 1. The number of rotatable bonds is 6. The maximum Gasteiger partial charge on any atom is 0.273 e. The van der Waals surface area contributed by atoms with Gasteiger partial charge in [0.15, 0.2) is 0 Å². The molecule has 0 aliphatic rings. The molecule has 0 spiro atoms. The molecule has 1 unspecified atom stereocenters. The summed E-state index contributed by atoms with van der Waals surface area (Å²) in [7, 11) is 0. The molecule has 1 amide bonds. The van der Waals surface area contributed by atoms with Crippen LogP contribution in [0.4, 0.5) is 5.69 Å². The predicted molar refractivity (Wildman–Crippen MR) is 138 cm³/mol. The Bertz CT molecular complexity index is 1500. The highest BCUT2D eigenvalue weighted by molar-refractivity contribution is 9.10. The summed E-state index contributed by atoms with van der Waals surface area (Å²) < 4.78 is 2.39. The molecule has 4 aromatic rings. The van der Waals surface area contributed by atoms with Crippen molar-refractivity contribution < 1.29 is 9.72 Å². The van der Waals surface area contributed by atoms with Crippen molar-refractivity contribution in [2.24, 2.45) is 0 Å². The standard InChI is InChI=1S/C26H23BrN4O4/c1-4-29(25(32)18-10-9-16(2)23(15-18)31(34)35)17(3)24-28-22-8-6-5-7-21(22)26(33)30(24)20-13-11-19(27)12-14-20/h5-15,17H,4H2,1-3H3. The van der Waals surface area contributed by atoms with Gasteiger partial charge in [0.25, 0.3) is 17.2 Å². The third-order valence-electron chi connectivity index (χ3n) is 5.98. The number of hydrogen-bond donors (Lipinski definition) is 0. The molecule has 0 N–H and O–H groups in total. The average molecular weight is 535 g/mol. The molecule has 0 bridgehead atoms. The van der Waals surface area contributed by atoms with E-state index in [1.165, 1.54) is 10.6 Å². The number of halogens is 1. The number of hydrogen-bond acceptors (Lipinski definition) is 5. The van der Waals surface area contributed by atoms with Gasteiger partial charge in [0.05, 0.1) is 27.6 Å². The van der Waals surface area contributed by atoms with Crippen LogP contribution in [0.25, 0.3) is 16.6 Å². The van der Waals surface area contributed by atoms with Gasteiger partial charge in [-0.2, -0.15) is 0 Å². The van der Waals surface area contributed by atoms with E-state index in [0.717, 1.165) is 4.47 Å². The number of nitro groups is 1. The summed E-state index contributed by atoms with van der Waals surface area (Å²) >= 11 is 3.42. The first-order valence-corrected chi connectivity index (χ1v) is 11.9. The summed E-state index contributed by atoms with van der Waals surface area (Å²) in [6.07, 6.45) is 0. The number of benzene rings is 3. The molecule has 0 saturated heterocycles. The number of carbonyl (C=O) groups excluding carboxylic acids is 1. The van der Waals surface area contributed by atoms with E-state index in [1.807, 2.05) is 19.1 Å². The number of aromatic nitrogens is 2. The van der Waals surface area contributed by atoms with Crippen molar-refractivity contribution in [1.82, 2.24) is 14.5 Å². The van der Waals surface area contributed by atoms with Crippen LogP contribution in [0.3, 0.4) is 0 Å². The first-order chi connectivity index (χ1) is 16.7.